The summed E-state index contributed by atoms with van der Waals surface area (Å²) in [5.74, 6) is 2.25. The van der Waals surface area contributed by atoms with Crippen LogP contribution >= 0.6 is 0 Å². The molecule has 48 heavy (non-hydrogen) atoms. The zero-order valence-electron chi connectivity index (χ0n) is 29.3. The number of nitrogens with zero attached hydrogens (tertiary/aromatic N) is 4. The monoisotopic (exact) mass is 662 g/mol. The van der Waals surface area contributed by atoms with Crippen molar-refractivity contribution in [1.29, 1.82) is 0 Å². The van der Waals surface area contributed by atoms with Gasteiger partial charge in [0.1, 0.15) is 12.2 Å². The second kappa shape index (κ2) is 20.5. The highest BCUT2D eigenvalue weighted by molar-refractivity contribution is 5.24. The van der Waals surface area contributed by atoms with E-state index in [0.717, 1.165) is 13.1 Å². The molecule has 0 saturated heterocycles. The first-order chi connectivity index (χ1) is 23.2. The minimum Gasteiger partial charge on any atom is -0.481 e. The first-order valence-electron chi connectivity index (χ1n) is 16.0. The van der Waals surface area contributed by atoms with Crippen LogP contribution in [0.25, 0.3) is 0 Å². The van der Waals surface area contributed by atoms with Gasteiger partial charge in [0.25, 0.3) is 0 Å². The Morgan fingerprint density at radius 1 is 0.500 bits per heavy atom. The van der Waals surface area contributed by atoms with Gasteiger partial charge >= 0.3 is 12.0 Å². The topological polar surface area (TPSA) is 131 Å². The zero-order chi connectivity index (χ0) is 34.7. The molecule has 12 heteroatoms. The summed E-state index contributed by atoms with van der Waals surface area (Å²) in [6.45, 7) is 11.4. The SMILES string of the molecule is COc1cc(OC)nc(OC(CNCc2ccccc2)C(C)C)n1.COc1cc(OC)nc(OC(CNCc2ccccc2)C(C)C)n1. The zero-order valence-corrected chi connectivity index (χ0v) is 29.3. The smallest absolute Gasteiger partial charge is 0.323 e. The van der Waals surface area contributed by atoms with Gasteiger partial charge in [0.05, 0.1) is 40.6 Å². The van der Waals surface area contributed by atoms with E-state index in [-0.39, 0.29) is 24.2 Å². The quantitative estimate of drug-likeness (QED) is 0.142. The molecule has 2 aromatic carbocycles. The Hall–Kier alpha value is -4.68. The summed E-state index contributed by atoms with van der Waals surface area (Å²) in [6.07, 6.45) is -0.129. The number of hydrogen-bond acceptors (Lipinski definition) is 12. The normalized spacial score (nSPS) is 12.0. The van der Waals surface area contributed by atoms with Crippen LogP contribution in [0.4, 0.5) is 0 Å². The Morgan fingerprint density at radius 2 is 0.812 bits per heavy atom. The molecule has 0 aliphatic heterocycles. The van der Waals surface area contributed by atoms with Gasteiger partial charge < -0.3 is 39.1 Å². The van der Waals surface area contributed by atoms with Crippen molar-refractivity contribution in [1.82, 2.24) is 30.6 Å². The summed E-state index contributed by atoms with van der Waals surface area (Å²) in [7, 11) is 6.19. The predicted molar refractivity (Wildman–Crippen MR) is 185 cm³/mol. The molecule has 12 nitrogen and oxygen atoms in total. The largest absolute Gasteiger partial charge is 0.481 e. The van der Waals surface area contributed by atoms with Crippen LogP contribution in [0.3, 0.4) is 0 Å². The van der Waals surface area contributed by atoms with Crippen molar-refractivity contribution in [2.24, 2.45) is 11.8 Å². The number of nitrogens with one attached hydrogen (secondary N) is 2. The van der Waals surface area contributed by atoms with Crippen LogP contribution < -0.4 is 39.1 Å². The highest BCUT2D eigenvalue weighted by atomic mass is 16.5. The summed E-state index contributed by atoms with van der Waals surface area (Å²) < 4.78 is 32.5. The minimum atomic E-state index is -0.0643. The van der Waals surface area contributed by atoms with Crippen LogP contribution in [0.15, 0.2) is 72.8 Å². The maximum absolute atomic E-state index is 5.95. The molecule has 2 unspecified atom stereocenters. The molecule has 0 radical (unpaired) electrons. The van der Waals surface area contributed by atoms with Gasteiger partial charge in [0.15, 0.2) is 0 Å². The Bertz CT molecular complexity index is 1310. The molecule has 0 saturated carbocycles. The minimum absolute atomic E-state index is 0.0643. The second-order valence-electron chi connectivity index (χ2n) is 11.5. The molecule has 0 fully saturated rings. The van der Waals surface area contributed by atoms with Crippen molar-refractivity contribution < 1.29 is 28.4 Å². The van der Waals surface area contributed by atoms with Gasteiger partial charge in [-0.1, -0.05) is 88.4 Å². The summed E-state index contributed by atoms with van der Waals surface area (Å²) in [4.78, 5) is 16.9. The lowest BCUT2D eigenvalue weighted by Crippen LogP contribution is -2.35. The Labute approximate surface area is 284 Å². The van der Waals surface area contributed by atoms with E-state index in [4.69, 9.17) is 28.4 Å². The van der Waals surface area contributed by atoms with Crippen molar-refractivity contribution in [2.45, 2.75) is 53.0 Å². The molecule has 0 spiro atoms. The van der Waals surface area contributed by atoms with Crippen molar-refractivity contribution in [3.8, 4) is 35.5 Å². The van der Waals surface area contributed by atoms with Crippen molar-refractivity contribution in [3.63, 3.8) is 0 Å². The summed E-state index contributed by atoms with van der Waals surface area (Å²) in [6, 6.07) is 24.3. The average Bonchev–Trinajstić information content (AvgIpc) is 3.11. The maximum atomic E-state index is 5.95. The molecule has 0 amide bonds. The van der Waals surface area contributed by atoms with Gasteiger partial charge in [-0.25, -0.2) is 0 Å². The average molecular weight is 663 g/mol. The Balaban J connectivity index is 0.000000260. The van der Waals surface area contributed by atoms with Gasteiger partial charge in [0, 0.05) is 26.2 Å². The van der Waals surface area contributed by atoms with Gasteiger partial charge in [-0.2, -0.15) is 19.9 Å². The first-order valence-corrected chi connectivity index (χ1v) is 16.0. The van der Waals surface area contributed by atoms with Crippen LogP contribution in [-0.2, 0) is 13.1 Å². The molecular formula is C36H50N6O6. The highest BCUT2D eigenvalue weighted by Gasteiger charge is 2.19. The van der Waals surface area contributed by atoms with E-state index in [2.05, 4.69) is 82.5 Å². The van der Waals surface area contributed by atoms with E-state index in [1.54, 1.807) is 40.6 Å². The Kier molecular flexibility index (Phi) is 16.2. The summed E-state index contributed by atoms with van der Waals surface area (Å²) in [5.41, 5.74) is 2.47. The molecule has 2 heterocycles. The van der Waals surface area contributed by atoms with Crippen LogP contribution in [0, 0.1) is 11.8 Å². The van der Waals surface area contributed by atoms with Gasteiger partial charge in [-0.15, -0.1) is 0 Å². The molecule has 0 aliphatic carbocycles. The number of benzene rings is 2. The lowest BCUT2D eigenvalue weighted by Gasteiger charge is -2.22. The number of aromatic nitrogens is 4. The molecule has 260 valence electrons. The molecule has 2 N–H and O–H groups in total. The lowest BCUT2D eigenvalue weighted by molar-refractivity contribution is 0.132. The maximum Gasteiger partial charge on any atom is 0.323 e. The van der Waals surface area contributed by atoms with Crippen LogP contribution in [0.2, 0.25) is 0 Å². The van der Waals surface area contributed by atoms with E-state index >= 15 is 0 Å². The third-order valence-electron chi connectivity index (χ3n) is 7.19. The molecule has 2 atom stereocenters. The van der Waals surface area contributed by atoms with Crippen LogP contribution in [-0.4, -0.2) is 73.7 Å². The van der Waals surface area contributed by atoms with Gasteiger partial charge in [0.2, 0.25) is 23.5 Å². The van der Waals surface area contributed by atoms with Crippen molar-refractivity contribution in [3.05, 3.63) is 83.9 Å². The molecule has 0 bridgehead atoms. The molecular weight excluding hydrogens is 612 g/mol. The van der Waals surface area contributed by atoms with E-state index in [9.17, 15) is 0 Å². The fourth-order valence-electron chi connectivity index (χ4n) is 4.30. The standard InChI is InChI=1S/2C18H25N3O3/c2*1-13(2)15(12-19-11-14-8-6-5-7-9-14)24-18-20-16(22-3)10-17(21-18)23-4/h2*5-10,13,15,19H,11-12H2,1-4H3. The summed E-state index contributed by atoms with van der Waals surface area (Å²) >= 11 is 0. The second-order valence-corrected chi connectivity index (χ2v) is 11.5. The number of hydrogen-bond donors (Lipinski definition) is 2. The third-order valence-corrected chi connectivity index (χ3v) is 7.19. The van der Waals surface area contributed by atoms with Crippen LogP contribution in [0.1, 0.15) is 38.8 Å². The lowest BCUT2D eigenvalue weighted by atomic mass is 10.1. The van der Waals surface area contributed by atoms with Crippen molar-refractivity contribution >= 4 is 0 Å². The molecule has 2 aromatic heterocycles. The Morgan fingerprint density at radius 3 is 1.08 bits per heavy atom. The third kappa shape index (κ3) is 13.2. The predicted octanol–water partition coefficient (Wildman–Crippen LogP) is 5.37. The summed E-state index contributed by atoms with van der Waals surface area (Å²) in [5, 5.41) is 6.84. The van der Waals surface area contributed by atoms with Crippen LogP contribution in [0.5, 0.6) is 35.5 Å². The van der Waals surface area contributed by atoms with E-state index in [0.29, 0.717) is 48.4 Å². The van der Waals surface area contributed by atoms with Gasteiger partial charge in [-0.3, -0.25) is 0 Å². The molecule has 4 rings (SSSR count). The molecule has 4 aromatic rings. The highest BCUT2D eigenvalue weighted by Crippen LogP contribution is 2.22. The fourth-order valence-corrected chi connectivity index (χ4v) is 4.30. The fraction of sp³-hybridized carbons (Fsp3) is 0.444. The van der Waals surface area contributed by atoms with Crippen molar-refractivity contribution in [2.75, 3.05) is 41.5 Å². The van der Waals surface area contributed by atoms with E-state index < -0.39 is 0 Å². The molecule has 0 aliphatic rings. The first kappa shape index (κ1) is 37.8. The number of rotatable bonds is 18. The number of methoxy groups -OCH3 is 4. The van der Waals surface area contributed by atoms with E-state index in [1.165, 1.54) is 11.1 Å². The van der Waals surface area contributed by atoms with Gasteiger partial charge in [-0.05, 0) is 23.0 Å². The van der Waals surface area contributed by atoms with E-state index in [1.807, 2.05) is 36.4 Å². The number of ether oxygens (including phenoxy) is 6.